The molecule has 7 heteroatoms. The third kappa shape index (κ3) is 3.98. The highest BCUT2D eigenvalue weighted by molar-refractivity contribution is 7.17. The van der Waals surface area contributed by atoms with Crippen LogP contribution >= 0.6 is 22.9 Å². The summed E-state index contributed by atoms with van der Waals surface area (Å²) >= 11 is 7.32. The van der Waals surface area contributed by atoms with Gasteiger partial charge in [0.15, 0.2) is 0 Å². The molecule has 1 N–H and O–H groups in total. The van der Waals surface area contributed by atoms with E-state index in [9.17, 15) is 4.79 Å². The first-order chi connectivity index (χ1) is 13.6. The highest BCUT2D eigenvalue weighted by Crippen LogP contribution is 2.28. The average molecular weight is 409 g/mol. The van der Waals surface area contributed by atoms with Crippen molar-refractivity contribution in [1.29, 1.82) is 0 Å². The minimum Gasteiger partial charge on any atom is -0.347 e. The van der Waals surface area contributed by atoms with Gasteiger partial charge in [0, 0.05) is 28.9 Å². The molecule has 4 rings (SSSR count). The molecule has 2 heterocycles. The lowest BCUT2D eigenvalue weighted by Gasteiger charge is -2.02. The first-order valence-electron chi connectivity index (χ1n) is 8.71. The monoisotopic (exact) mass is 408 g/mol. The van der Waals surface area contributed by atoms with E-state index in [1.54, 1.807) is 10.9 Å². The topological polar surface area (TPSA) is 59.8 Å². The number of benzene rings is 2. The van der Waals surface area contributed by atoms with Crippen molar-refractivity contribution in [1.82, 2.24) is 20.1 Å². The first-order valence-corrected chi connectivity index (χ1v) is 9.90. The van der Waals surface area contributed by atoms with Gasteiger partial charge in [-0.15, -0.1) is 11.3 Å². The Morgan fingerprint density at radius 3 is 2.64 bits per heavy atom. The molecule has 2 aromatic carbocycles. The van der Waals surface area contributed by atoms with E-state index in [-0.39, 0.29) is 5.91 Å². The number of halogens is 1. The predicted molar refractivity (Wildman–Crippen MR) is 112 cm³/mol. The number of hydrogen-bond acceptors (Lipinski definition) is 4. The van der Waals surface area contributed by atoms with E-state index >= 15 is 0 Å². The van der Waals surface area contributed by atoms with Gasteiger partial charge in [-0.3, -0.25) is 4.79 Å². The van der Waals surface area contributed by atoms with Crippen molar-refractivity contribution >= 4 is 28.8 Å². The first kappa shape index (κ1) is 18.4. The minimum absolute atomic E-state index is 0.136. The number of aryl methyl sites for hydroxylation is 1. The highest BCUT2D eigenvalue weighted by Gasteiger charge is 2.16. The van der Waals surface area contributed by atoms with Gasteiger partial charge < -0.3 is 5.32 Å². The third-order valence-corrected chi connectivity index (χ3v) is 5.66. The molecule has 0 aliphatic heterocycles. The van der Waals surface area contributed by atoms with Gasteiger partial charge in [-0.25, -0.2) is 9.67 Å². The second kappa shape index (κ2) is 7.96. The van der Waals surface area contributed by atoms with Gasteiger partial charge in [0.2, 0.25) is 0 Å². The number of nitrogens with one attached hydrogen (secondary N) is 1. The summed E-state index contributed by atoms with van der Waals surface area (Å²) < 4.78 is 1.79. The summed E-state index contributed by atoms with van der Waals surface area (Å²) in [7, 11) is 0. The molecule has 0 unspecified atom stereocenters. The number of para-hydroxylation sites is 1. The number of nitrogens with zero attached hydrogens (tertiary/aromatic N) is 3. The predicted octanol–water partition coefficient (Wildman–Crippen LogP) is 4.89. The molecule has 0 aliphatic rings. The van der Waals surface area contributed by atoms with Crippen LogP contribution in [0.25, 0.3) is 16.3 Å². The summed E-state index contributed by atoms with van der Waals surface area (Å²) in [6, 6.07) is 17.3. The Morgan fingerprint density at radius 1 is 1.14 bits per heavy atom. The summed E-state index contributed by atoms with van der Waals surface area (Å²) in [6.45, 7) is 2.25. The van der Waals surface area contributed by atoms with Gasteiger partial charge in [0.05, 0.1) is 17.6 Å². The Labute approximate surface area is 171 Å². The van der Waals surface area contributed by atoms with Crippen molar-refractivity contribution in [3.05, 3.63) is 88.1 Å². The van der Waals surface area contributed by atoms with Gasteiger partial charge in [0.25, 0.3) is 5.91 Å². The molecule has 4 aromatic rings. The van der Waals surface area contributed by atoms with Gasteiger partial charge in [-0.1, -0.05) is 41.9 Å². The van der Waals surface area contributed by atoms with Crippen LogP contribution in [0.3, 0.4) is 0 Å². The van der Waals surface area contributed by atoms with Crippen molar-refractivity contribution < 1.29 is 4.79 Å². The number of carbonyl (C=O) groups excluding carboxylic acids is 1. The fourth-order valence-corrected chi connectivity index (χ4v) is 3.87. The van der Waals surface area contributed by atoms with E-state index in [0.29, 0.717) is 22.1 Å². The molecule has 28 heavy (non-hydrogen) atoms. The van der Waals surface area contributed by atoms with Gasteiger partial charge in [0.1, 0.15) is 9.88 Å². The highest BCUT2D eigenvalue weighted by atomic mass is 35.5. The van der Waals surface area contributed by atoms with E-state index in [4.69, 9.17) is 11.6 Å². The largest absolute Gasteiger partial charge is 0.347 e. The average Bonchev–Trinajstić information content (AvgIpc) is 3.34. The van der Waals surface area contributed by atoms with E-state index in [1.807, 2.05) is 67.7 Å². The molecule has 0 aliphatic carbocycles. The molecule has 140 valence electrons. The number of amides is 1. The second-order valence-corrected chi connectivity index (χ2v) is 7.69. The zero-order chi connectivity index (χ0) is 19.5. The van der Waals surface area contributed by atoms with E-state index in [1.165, 1.54) is 11.3 Å². The van der Waals surface area contributed by atoms with Crippen LogP contribution in [-0.4, -0.2) is 20.7 Å². The van der Waals surface area contributed by atoms with E-state index in [0.717, 1.165) is 21.8 Å². The minimum atomic E-state index is -0.136. The Morgan fingerprint density at radius 2 is 1.89 bits per heavy atom. The number of thiazole rings is 1. The maximum Gasteiger partial charge on any atom is 0.263 e. The SMILES string of the molecule is Cc1nc(-c2ccc(Cl)cc2)sc1C(=O)NCc1cnn(-c2ccccc2)c1. The summed E-state index contributed by atoms with van der Waals surface area (Å²) in [6.07, 6.45) is 3.67. The number of hydrogen-bond donors (Lipinski definition) is 1. The number of carbonyl (C=O) groups is 1. The number of rotatable bonds is 5. The molecule has 0 saturated carbocycles. The Hall–Kier alpha value is -2.96. The smallest absolute Gasteiger partial charge is 0.263 e. The lowest BCUT2D eigenvalue weighted by molar-refractivity contribution is 0.0954. The molecule has 1 amide bonds. The lowest BCUT2D eigenvalue weighted by Crippen LogP contribution is -2.22. The third-order valence-electron chi connectivity index (χ3n) is 4.20. The van der Waals surface area contributed by atoms with Gasteiger partial charge in [-0.05, 0) is 31.2 Å². The zero-order valence-electron chi connectivity index (χ0n) is 15.1. The Kier molecular flexibility index (Phi) is 5.23. The summed E-state index contributed by atoms with van der Waals surface area (Å²) in [5, 5.41) is 8.78. The quantitative estimate of drug-likeness (QED) is 0.511. The normalized spacial score (nSPS) is 10.8. The molecule has 0 radical (unpaired) electrons. The van der Waals surface area contributed by atoms with E-state index in [2.05, 4.69) is 15.4 Å². The summed E-state index contributed by atoms with van der Waals surface area (Å²) in [5.74, 6) is -0.136. The Balaban J connectivity index is 1.44. The van der Waals surface area contributed by atoms with Crippen LogP contribution in [0.5, 0.6) is 0 Å². The summed E-state index contributed by atoms with van der Waals surface area (Å²) in [4.78, 5) is 17.8. The van der Waals surface area contributed by atoms with Crippen LogP contribution < -0.4 is 5.32 Å². The standard InChI is InChI=1S/C21H17ClN4OS/c1-14-19(28-21(25-14)16-7-9-17(22)10-8-16)20(27)23-11-15-12-24-26(13-15)18-5-3-2-4-6-18/h2-10,12-13H,11H2,1H3,(H,23,27). The maximum absolute atomic E-state index is 12.6. The molecule has 0 bridgehead atoms. The second-order valence-electron chi connectivity index (χ2n) is 6.25. The van der Waals surface area contributed by atoms with Crippen LogP contribution in [0, 0.1) is 6.92 Å². The fourth-order valence-electron chi connectivity index (χ4n) is 2.76. The van der Waals surface area contributed by atoms with Gasteiger partial charge in [-0.2, -0.15) is 5.10 Å². The zero-order valence-corrected chi connectivity index (χ0v) is 16.7. The molecular weight excluding hydrogens is 392 g/mol. The van der Waals surface area contributed by atoms with Crippen molar-refractivity contribution in [2.45, 2.75) is 13.5 Å². The van der Waals surface area contributed by atoms with Gasteiger partial charge >= 0.3 is 0 Å². The van der Waals surface area contributed by atoms with E-state index < -0.39 is 0 Å². The summed E-state index contributed by atoms with van der Waals surface area (Å²) in [5.41, 5.74) is 3.57. The van der Waals surface area contributed by atoms with Crippen molar-refractivity contribution in [2.24, 2.45) is 0 Å². The molecule has 0 atom stereocenters. The van der Waals surface area contributed by atoms with Crippen LogP contribution in [0.1, 0.15) is 20.9 Å². The van der Waals surface area contributed by atoms with Crippen LogP contribution in [0.4, 0.5) is 0 Å². The molecule has 2 aromatic heterocycles. The molecule has 0 spiro atoms. The van der Waals surface area contributed by atoms with Crippen molar-refractivity contribution in [2.75, 3.05) is 0 Å². The van der Waals surface area contributed by atoms with Crippen LogP contribution in [-0.2, 0) is 6.54 Å². The van der Waals surface area contributed by atoms with Crippen LogP contribution in [0.15, 0.2) is 67.0 Å². The van der Waals surface area contributed by atoms with Crippen molar-refractivity contribution in [3.8, 4) is 16.3 Å². The van der Waals surface area contributed by atoms with Crippen molar-refractivity contribution in [3.63, 3.8) is 0 Å². The van der Waals surface area contributed by atoms with Crippen LogP contribution in [0.2, 0.25) is 5.02 Å². The lowest BCUT2D eigenvalue weighted by atomic mass is 10.2. The molecule has 0 saturated heterocycles. The fraction of sp³-hybridized carbons (Fsp3) is 0.0952. The Bertz CT molecular complexity index is 1100. The maximum atomic E-state index is 12.6. The molecular formula is C21H17ClN4OS. The molecule has 0 fully saturated rings. The number of aromatic nitrogens is 3. The molecule has 5 nitrogen and oxygen atoms in total.